The fourth-order valence-corrected chi connectivity index (χ4v) is 0.561. The molecule has 0 aromatic heterocycles. The van der Waals surface area contributed by atoms with Gasteiger partial charge in [-0.25, -0.2) is 4.21 Å². The van der Waals surface area contributed by atoms with E-state index in [2.05, 4.69) is 10.8 Å². The topological polar surface area (TPSA) is 49.4 Å². The Kier molecular flexibility index (Phi) is 13.8. The molecule has 2 atom stereocenters. The summed E-state index contributed by atoms with van der Waals surface area (Å²) in [5.74, 6) is 0. The average Bonchev–Trinajstić information content (AvgIpc) is 1.79. The fourth-order valence-electron chi connectivity index (χ4n) is 0.354. The van der Waals surface area contributed by atoms with Crippen LogP contribution in [0.2, 0.25) is 0 Å². The van der Waals surface area contributed by atoms with E-state index in [4.69, 9.17) is 0 Å². The summed E-state index contributed by atoms with van der Waals surface area (Å²) in [7, 11) is 0. The van der Waals surface area contributed by atoms with Crippen LogP contribution in [0.4, 0.5) is 0 Å². The Morgan fingerprint density at radius 1 is 1.42 bits per heavy atom. The summed E-state index contributed by atoms with van der Waals surface area (Å²) in [5, 5.41) is 0. The van der Waals surface area contributed by atoms with Crippen LogP contribution in [0, 0.1) is 0 Å². The Bertz CT molecular complexity index is 122. The van der Waals surface area contributed by atoms with Gasteiger partial charge >= 0.3 is 0 Å². The van der Waals surface area contributed by atoms with E-state index in [0.717, 1.165) is 0 Å². The van der Waals surface area contributed by atoms with Gasteiger partial charge in [0.15, 0.2) is 0 Å². The Morgan fingerprint density at radius 2 is 1.83 bits per heavy atom. The Hall–Kier alpha value is 0.240. The van der Waals surface area contributed by atoms with E-state index in [0.29, 0.717) is 0 Å². The predicted molar refractivity (Wildman–Crippen MR) is 54.6 cm³/mol. The molecule has 0 N–H and O–H groups in total. The third-order valence-electron chi connectivity index (χ3n) is 1.28. The molecule has 0 aromatic rings. The Morgan fingerprint density at radius 3 is 1.92 bits per heavy atom. The summed E-state index contributed by atoms with van der Waals surface area (Å²) >= 11 is -2.39. The first-order chi connectivity index (χ1) is 5.27. The van der Waals surface area contributed by atoms with Gasteiger partial charge in [0.05, 0.1) is 18.0 Å². The normalized spacial score (nSPS) is 15.8. The van der Waals surface area contributed by atoms with E-state index in [1.54, 1.807) is 0 Å². The van der Waals surface area contributed by atoms with Gasteiger partial charge < -0.3 is 4.55 Å². The third-order valence-corrected chi connectivity index (χ3v) is 1.61. The second-order valence-electron chi connectivity index (χ2n) is 2.19. The van der Waals surface area contributed by atoms with Crippen molar-refractivity contribution >= 4 is 21.3 Å². The molecule has 0 spiro atoms. The molecular weight excluding hydrogens is 195 g/mol. The van der Waals surface area contributed by atoms with Crippen molar-refractivity contribution in [2.75, 3.05) is 6.61 Å². The van der Waals surface area contributed by atoms with Gasteiger partial charge in [-0.05, 0) is 0 Å². The highest BCUT2D eigenvalue weighted by molar-refractivity contribution is 7.74. The number of rotatable bonds is 3. The maximum absolute atomic E-state index is 9.49. The molecule has 0 aromatic carbocycles. The zero-order valence-electron chi connectivity index (χ0n) is 7.16. The van der Waals surface area contributed by atoms with Gasteiger partial charge in [0.1, 0.15) is 0 Å². The predicted octanol–water partition coefficient (Wildman–Crippen LogP) is 1.60. The minimum absolute atomic E-state index is 0. The molecular formula is C7H16O3PS-. The van der Waals surface area contributed by atoms with Crippen molar-refractivity contribution in [2.24, 2.45) is 0 Å². The third kappa shape index (κ3) is 12.9. The Labute approximate surface area is 79.7 Å². The molecule has 5 heteroatoms. The van der Waals surface area contributed by atoms with Crippen LogP contribution in [-0.4, -0.2) is 15.4 Å². The lowest BCUT2D eigenvalue weighted by atomic mass is 10.0. The van der Waals surface area contributed by atoms with Crippen LogP contribution in [0.5, 0.6) is 0 Å². The molecule has 1 fully saturated rings. The molecule has 1 rings (SSSR count). The van der Waals surface area contributed by atoms with Crippen LogP contribution < -0.4 is 0 Å². The molecule has 2 unspecified atom stereocenters. The summed E-state index contributed by atoms with van der Waals surface area (Å²) in [4.78, 5) is 0. The quantitative estimate of drug-likeness (QED) is 0.405. The lowest BCUT2D eigenvalue weighted by Gasteiger charge is -2.05. The van der Waals surface area contributed by atoms with Gasteiger partial charge in [0.25, 0.3) is 0 Å². The lowest BCUT2D eigenvalue weighted by molar-refractivity contribution is 0.334. The smallest absolute Gasteiger partial charge is 0.0845 e. The molecule has 0 bridgehead atoms. The van der Waals surface area contributed by atoms with Crippen LogP contribution >= 0.6 is 9.90 Å². The second-order valence-corrected chi connectivity index (χ2v) is 2.84. The van der Waals surface area contributed by atoms with Crippen molar-refractivity contribution in [3.8, 4) is 0 Å². The van der Waals surface area contributed by atoms with Crippen molar-refractivity contribution in [3.63, 3.8) is 0 Å². The maximum atomic E-state index is 9.49. The van der Waals surface area contributed by atoms with Crippen LogP contribution in [0.1, 0.15) is 25.7 Å². The summed E-state index contributed by atoms with van der Waals surface area (Å²) in [6, 6.07) is 0. The molecule has 1 saturated carbocycles. The van der Waals surface area contributed by atoms with Crippen molar-refractivity contribution < 1.29 is 12.9 Å². The Balaban J connectivity index is 0. The molecule has 1 aliphatic rings. The van der Waals surface area contributed by atoms with Crippen LogP contribution in [0.25, 0.3) is 0 Å². The van der Waals surface area contributed by atoms with E-state index >= 15 is 0 Å². The first-order valence-electron chi connectivity index (χ1n) is 3.61. The summed E-state index contributed by atoms with van der Waals surface area (Å²) in [6.07, 6.45) is 7.36. The van der Waals surface area contributed by atoms with E-state index in [1.807, 2.05) is 0 Å². The highest BCUT2D eigenvalue weighted by Crippen LogP contribution is 2.15. The molecule has 0 heterocycles. The van der Waals surface area contributed by atoms with Gasteiger partial charge in [-0.2, -0.15) is 9.90 Å². The first kappa shape index (κ1) is 14.7. The highest BCUT2D eigenvalue weighted by Gasteiger charge is 1.95. The summed E-state index contributed by atoms with van der Waals surface area (Å²) in [6.45, 7) is 3.29. The van der Waals surface area contributed by atoms with E-state index in [1.165, 1.54) is 31.8 Å². The van der Waals surface area contributed by atoms with Crippen molar-refractivity contribution in [1.82, 2.24) is 0 Å². The molecule has 1 aliphatic carbocycles. The zero-order chi connectivity index (χ0) is 8.53. The highest BCUT2D eigenvalue weighted by atomic mass is 32.2. The average molecular weight is 211 g/mol. The zero-order valence-corrected chi connectivity index (χ0v) is 9.39. The molecule has 74 valence electrons. The maximum Gasteiger partial charge on any atom is 0.0845 e. The van der Waals surface area contributed by atoms with Gasteiger partial charge in [0, 0.05) is 0 Å². The molecule has 0 aliphatic heterocycles. The van der Waals surface area contributed by atoms with E-state index in [-0.39, 0.29) is 16.5 Å². The van der Waals surface area contributed by atoms with Gasteiger partial charge in [-0.3, -0.25) is 4.18 Å². The molecule has 0 saturated heterocycles. The molecule has 0 amide bonds. The SMILES string of the molecule is C1CCC1.C=CCOS(=O)[O-].P. The first-order valence-corrected chi connectivity index (χ1v) is 4.61. The molecule has 0 radical (unpaired) electrons. The van der Waals surface area contributed by atoms with E-state index in [9.17, 15) is 8.76 Å². The van der Waals surface area contributed by atoms with Gasteiger partial charge in [0.2, 0.25) is 0 Å². The standard InChI is InChI=1S/C4H8.C3H6O3S.H3P/c1-2-4-3-1;1-2-3-6-7(4)5;/h1-4H2;2H,1,3H2,(H,4,5);1H3/p-1. The fraction of sp³-hybridized carbons (Fsp3) is 0.714. The molecule has 3 nitrogen and oxygen atoms in total. The van der Waals surface area contributed by atoms with Crippen molar-refractivity contribution in [1.29, 1.82) is 0 Å². The lowest BCUT2D eigenvalue weighted by Crippen LogP contribution is -1.93. The second kappa shape index (κ2) is 11.2. The van der Waals surface area contributed by atoms with Crippen LogP contribution in [-0.2, 0) is 15.5 Å². The minimum Gasteiger partial charge on any atom is -0.750 e. The number of hydrogen-bond donors (Lipinski definition) is 0. The molecule has 12 heavy (non-hydrogen) atoms. The van der Waals surface area contributed by atoms with Crippen molar-refractivity contribution in [2.45, 2.75) is 25.7 Å². The van der Waals surface area contributed by atoms with Gasteiger partial charge in [-0.1, -0.05) is 31.8 Å². The summed E-state index contributed by atoms with van der Waals surface area (Å²) < 4.78 is 23.0. The van der Waals surface area contributed by atoms with Crippen LogP contribution in [0.15, 0.2) is 12.7 Å². The van der Waals surface area contributed by atoms with Crippen molar-refractivity contribution in [3.05, 3.63) is 12.7 Å². The van der Waals surface area contributed by atoms with E-state index < -0.39 is 11.4 Å². The summed E-state index contributed by atoms with van der Waals surface area (Å²) in [5.41, 5.74) is 0. The largest absolute Gasteiger partial charge is 0.750 e. The monoisotopic (exact) mass is 211 g/mol. The van der Waals surface area contributed by atoms with Crippen LogP contribution in [0.3, 0.4) is 0 Å². The van der Waals surface area contributed by atoms with Gasteiger partial charge in [-0.15, -0.1) is 6.58 Å². The number of hydrogen-bond acceptors (Lipinski definition) is 3. The minimum atomic E-state index is -2.39.